The van der Waals surface area contributed by atoms with Gasteiger partial charge in [-0.25, -0.2) is 0 Å². The van der Waals surface area contributed by atoms with Crippen molar-refractivity contribution < 1.29 is 0 Å². The molecule has 3 rings (SSSR count). The Morgan fingerprint density at radius 2 is 1.92 bits per heavy atom. The largest absolute Gasteiger partial charge is 0.142 e. The van der Waals surface area contributed by atoms with E-state index in [0.29, 0.717) is 4.08 Å². The smallest absolute Gasteiger partial charge is 0.0766 e. The van der Waals surface area contributed by atoms with E-state index in [9.17, 15) is 0 Å². The highest BCUT2D eigenvalue weighted by Crippen LogP contribution is 2.66. The van der Waals surface area contributed by atoms with Gasteiger partial charge in [0.15, 0.2) is 0 Å². The van der Waals surface area contributed by atoms with Crippen LogP contribution in [0.2, 0.25) is 0 Å². The zero-order valence-electron chi connectivity index (χ0n) is 6.96. The van der Waals surface area contributed by atoms with Crippen LogP contribution in [0.15, 0.2) is 0 Å². The van der Waals surface area contributed by atoms with Gasteiger partial charge in [0, 0.05) is 16.3 Å². The van der Waals surface area contributed by atoms with Crippen molar-refractivity contribution in [2.75, 3.05) is 11.5 Å². The van der Waals surface area contributed by atoms with E-state index in [1.54, 1.807) is 0 Å². The molecule has 3 atom stereocenters. The third-order valence-corrected chi connectivity index (χ3v) is 9.51. The maximum atomic E-state index is 3.94. The minimum Gasteiger partial charge on any atom is -0.142 e. The Hall–Kier alpha value is 1.18. The average Bonchev–Trinajstić information content (AvgIpc) is 2.75. The minimum absolute atomic E-state index is 0.614. The number of hydrogen-bond donors (Lipinski definition) is 0. The standard InChI is InChI=1S/C9H13BrS2/c10-8-6-1-2-7(5-6)9(8)11-3-4-12-9/h6-8H,1-5H2. The first-order valence-electron chi connectivity index (χ1n) is 4.75. The monoisotopic (exact) mass is 264 g/mol. The fourth-order valence-corrected chi connectivity index (χ4v) is 8.43. The first kappa shape index (κ1) is 8.49. The van der Waals surface area contributed by atoms with Crippen LogP contribution in [-0.4, -0.2) is 20.4 Å². The maximum Gasteiger partial charge on any atom is 0.0766 e. The molecule has 68 valence electrons. The van der Waals surface area contributed by atoms with E-state index < -0.39 is 0 Å². The van der Waals surface area contributed by atoms with Crippen LogP contribution in [0.25, 0.3) is 0 Å². The fraction of sp³-hybridized carbons (Fsp3) is 1.00. The Bertz CT molecular complexity index is 197. The molecule has 0 nitrogen and oxygen atoms in total. The molecule has 1 heterocycles. The molecule has 0 aromatic rings. The summed E-state index contributed by atoms with van der Waals surface area (Å²) in [4.78, 5) is 0.821. The molecule has 3 unspecified atom stereocenters. The van der Waals surface area contributed by atoms with Gasteiger partial charge in [0.2, 0.25) is 0 Å². The summed E-state index contributed by atoms with van der Waals surface area (Å²) in [6.45, 7) is 0. The molecule has 1 aliphatic heterocycles. The van der Waals surface area contributed by atoms with Crippen LogP contribution in [0, 0.1) is 11.8 Å². The first-order valence-corrected chi connectivity index (χ1v) is 7.63. The van der Waals surface area contributed by atoms with E-state index in [-0.39, 0.29) is 0 Å². The van der Waals surface area contributed by atoms with Crippen LogP contribution in [0.5, 0.6) is 0 Å². The zero-order valence-corrected chi connectivity index (χ0v) is 10.2. The van der Waals surface area contributed by atoms with Crippen LogP contribution >= 0.6 is 39.5 Å². The number of halogens is 1. The molecule has 3 fully saturated rings. The van der Waals surface area contributed by atoms with Crippen LogP contribution in [0.3, 0.4) is 0 Å². The van der Waals surface area contributed by atoms with Crippen LogP contribution < -0.4 is 0 Å². The predicted octanol–water partition coefficient (Wildman–Crippen LogP) is 3.36. The highest BCUT2D eigenvalue weighted by Gasteiger charge is 2.59. The third kappa shape index (κ3) is 0.936. The summed E-state index contributed by atoms with van der Waals surface area (Å²) in [5.41, 5.74) is 0. The summed E-state index contributed by atoms with van der Waals surface area (Å²) < 4.78 is 0.614. The quantitative estimate of drug-likeness (QED) is 0.616. The molecule has 3 heteroatoms. The lowest BCUT2D eigenvalue weighted by atomic mass is 9.99. The Morgan fingerprint density at radius 1 is 1.17 bits per heavy atom. The lowest BCUT2D eigenvalue weighted by Gasteiger charge is -2.36. The zero-order chi connectivity index (χ0) is 8.18. The second-order valence-electron chi connectivity index (χ2n) is 4.09. The van der Waals surface area contributed by atoms with Gasteiger partial charge in [0.1, 0.15) is 0 Å². The summed E-state index contributed by atoms with van der Waals surface area (Å²) in [5.74, 6) is 4.81. The lowest BCUT2D eigenvalue weighted by molar-refractivity contribution is 0.486. The van der Waals surface area contributed by atoms with Gasteiger partial charge >= 0.3 is 0 Å². The summed E-state index contributed by atoms with van der Waals surface area (Å²) in [5, 5.41) is 0. The van der Waals surface area contributed by atoms with Crippen molar-refractivity contribution in [2.24, 2.45) is 11.8 Å². The Labute approximate surface area is 90.8 Å². The molecule has 3 aliphatic rings. The van der Waals surface area contributed by atoms with Crippen LogP contribution in [-0.2, 0) is 0 Å². The van der Waals surface area contributed by atoms with Crippen molar-refractivity contribution in [3.8, 4) is 0 Å². The second kappa shape index (κ2) is 2.83. The number of fused-ring (bicyclic) bond motifs is 3. The Kier molecular flexibility index (Phi) is 2.00. The van der Waals surface area contributed by atoms with Crippen LogP contribution in [0.4, 0.5) is 0 Å². The molecular weight excluding hydrogens is 252 g/mol. The average molecular weight is 265 g/mol. The molecule has 1 spiro atoms. The molecule has 1 saturated heterocycles. The van der Waals surface area contributed by atoms with Gasteiger partial charge in [-0.3, -0.25) is 0 Å². The molecule has 0 N–H and O–H groups in total. The molecular formula is C9H13BrS2. The van der Waals surface area contributed by atoms with E-state index in [1.165, 1.54) is 30.8 Å². The minimum atomic E-state index is 0.614. The molecule has 2 saturated carbocycles. The molecule has 2 bridgehead atoms. The van der Waals surface area contributed by atoms with Crippen molar-refractivity contribution in [2.45, 2.75) is 28.2 Å². The van der Waals surface area contributed by atoms with Crippen molar-refractivity contribution >= 4 is 39.5 Å². The van der Waals surface area contributed by atoms with E-state index in [2.05, 4.69) is 39.5 Å². The van der Waals surface area contributed by atoms with Crippen molar-refractivity contribution in [1.82, 2.24) is 0 Å². The molecule has 2 aliphatic carbocycles. The fourth-order valence-electron chi connectivity index (χ4n) is 3.04. The van der Waals surface area contributed by atoms with E-state index in [4.69, 9.17) is 0 Å². The predicted molar refractivity (Wildman–Crippen MR) is 61.2 cm³/mol. The third-order valence-electron chi connectivity index (χ3n) is 3.58. The van der Waals surface area contributed by atoms with Gasteiger partial charge in [0.25, 0.3) is 0 Å². The molecule has 12 heavy (non-hydrogen) atoms. The number of rotatable bonds is 0. The Balaban J connectivity index is 1.94. The second-order valence-corrected chi connectivity index (χ2v) is 8.08. The summed E-state index contributed by atoms with van der Waals surface area (Å²) in [6, 6.07) is 0. The van der Waals surface area contributed by atoms with Crippen LogP contribution in [0.1, 0.15) is 19.3 Å². The van der Waals surface area contributed by atoms with Crippen molar-refractivity contribution in [3.63, 3.8) is 0 Å². The van der Waals surface area contributed by atoms with E-state index >= 15 is 0 Å². The summed E-state index contributed by atoms with van der Waals surface area (Å²) >= 11 is 8.42. The molecule has 0 aromatic heterocycles. The van der Waals surface area contributed by atoms with Gasteiger partial charge < -0.3 is 0 Å². The number of alkyl halides is 1. The van der Waals surface area contributed by atoms with E-state index in [1.807, 2.05) is 0 Å². The highest BCUT2D eigenvalue weighted by atomic mass is 79.9. The maximum absolute atomic E-state index is 3.94. The van der Waals surface area contributed by atoms with Gasteiger partial charge in [-0.05, 0) is 31.1 Å². The normalized spacial score (nSPS) is 49.2. The van der Waals surface area contributed by atoms with Crippen molar-refractivity contribution in [3.05, 3.63) is 0 Å². The number of hydrogen-bond acceptors (Lipinski definition) is 2. The topological polar surface area (TPSA) is 0 Å². The summed E-state index contributed by atoms with van der Waals surface area (Å²) in [6.07, 6.45) is 4.51. The SMILES string of the molecule is BrC1C2CCC(C2)C12SCCS2. The van der Waals surface area contributed by atoms with Gasteiger partial charge in [-0.1, -0.05) is 15.9 Å². The van der Waals surface area contributed by atoms with Gasteiger partial charge in [-0.15, -0.1) is 23.5 Å². The molecule has 0 radical (unpaired) electrons. The highest BCUT2D eigenvalue weighted by molar-refractivity contribution is 9.09. The number of thioether (sulfide) groups is 2. The van der Waals surface area contributed by atoms with Gasteiger partial charge in [-0.2, -0.15) is 0 Å². The van der Waals surface area contributed by atoms with Crippen molar-refractivity contribution in [1.29, 1.82) is 0 Å². The molecule has 0 aromatic carbocycles. The van der Waals surface area contributed by atoms with Gasteiger partial charge in [0.05, 0.1) is 4.08 Å². The Morgan fingerprint density at radius 3 is 2.50 bits per heavy atom. The molecule has 0 amide bonds. The lowest BCUT2D eigenvalue weighted by Crippen LogP contribution is -2.35. The summed E-state index contributed by atoms with van der Waals surface area (Å²) in [7, 11) is 0. The van der Waals surface area contributed by atoms with E-state index in [0.717, 1.165) is 16.7 Å². The first-order chi connectivity index (χ1) is 5.83.